The average molecular weight is 705 g/mol. The summed E-state index contributed by atoms with van der Waals surface area (Å²) in [7, 11) is 0. The summed E-state index contributed by atoms with van der Waals surface area (Å²) in [6, 6.07) is 53.6. The van der Waals surface area contributed by atoms with Gasteiger partial charge in [0.15, 0.2) is 0 Å². The van der Waals surface area contributed by atoms with E-state index in [4.69, 9.17) is 8.83 Å². The molecule has 258 valence electrons. The largest absolute Gasteiger partial charge is 0.456 e. The molecule has 0 spiro atoms. The second-order valence-electron chi connectivity index (χ2n) is 16.5. The minimum absolute atomic E-state index is 0.0447. The lowest BCUT2D eigenvalue weighted by molar-refractivity contribution is 0.590. The summed E-state index contributed by atoms with van der Waals surface area (Å²) in [4.78, 5) is 2.60. The van der Waals surface area contributed by atoms with Crippen LogP contribution in [-0.2, 0) is 5.41 Å². The summed E-state index contributed by atoms with van der Waals surface area (Å²) >= 11 is 0. The van der Waals surface area contributed by atoms with Gasteiger partial charge in [0.25, 0.3) is 0 Å². The van der Waals surface area contributed by atoms with Crippen molar-refractivity contribution in [2.24, 2.45) is 0 Å². The van der Waals surface area contributed by atoms with E-state index in [1.165, 1.54) is 77.3 Å². The maximum absolute atomic E-state index is 6.67. The number of hydrogen-bond acceptors (Lipinski definition) is 3. The molecule has 0 aliphatic carbocycles. The van der Waals surface area contributed by atoms with Gasteiger partial charge in [0.2, 0.25) is 0 Å². The van der Waals surface area contributed by atoms with Gasteiger partial charge in [-0.2, -0.15) is 0 Å². The van der Waals surface area contributed by atoms with Crippen LogP contribution in [0.4, 0.5) is 11.4 Å². The number of benzene rings is 8. The maximum Gasteiger partial charge on any atom is 0.333 e. The molecule has 0 atom stereocenters. The first-order chi connectivity index (χ1) is 26.9. The maximum atomic E-state index is 6.67. The van der Waals surface area contributed by atoms with Crippen LogP contribution in [0.3, 0.4) is 0 Å². The predicted octanol–water partition coefficient (Wildman–Crippen LogP) is 12.3. The van der Waals surface area contributed by atoms with Crippen LogP contribution in [0.2, 0.25) is 0 Å². The molecule has 4 nitrogen and oxygen atoms in total. The highest BCUT2D eigenvalue weighted by molar-refractivity contribution is 6.94. The van der Waals surface area contributed by atoms with E-state index in [2.05, 4.69) is 170 Å². The molecular formula is C50H33BN2O2. The van der Waals surface area contributed by atoms with Crippen molar-refractivity contribution in [3.05, 3.63) is 151 Å². The highest BCUT2D eigenvalue weighted by Crippen LogP contribution is 2.49. The quantitative estimate of drug-likeness (QED) is 0.160. The second kappa shape index (κ2) is 10.1. The molecule has 55 heavy (non-hydrogen) atoms. The molecule has 0 saturated heterocycles. The molecule has 0 radical (unpaired) electrons. The molecular weight excluding hydrogens is 671 g/mol. The molecule has 8 aromatic carbocycles. The van der Waals surface area contributed by atoms with Crippen LogP contribution in [-0.4, -0.2) is 11.4 Å². The number of anilines is 2. The summed E-state index contributed by atoms with van der Waals surface area (Å²) in [5, 5.41) is 9.45. The zero-order valence-electron chi connectivity index (χ0n) is 30.6. The summed E-state index contributed by atoms with van der Waals surface area (Å²) in [6.07, 6.45) is 0. The standard InChI is InChI=1S/C50H33BN2O2/c1-50(2,3)29-17-19-30(20-18-29)53-40-23-16-28-10-4-5-11-31(28)47(40)35-22-21-34-36-26-45-37(32-12-6-8-14-43(32)54-45)24-41(36)52-42-25-38-33-13-7-9-15-44(33)55-46(38)27-39(42)51(53)48(35)49(34)52/h4-27H,1-3H3. The van der Waals surface area contributed by atoms with Crippen molar-refractivity contribution < 1.29 is 8.83 Å². The molecule has 2 aliphatic heterocycles. The number of hydrogen-bond donors (Lipinski definition) is 0. The molecule has 13 rings (SSSR count). The Balaban J connectivity index is 1.23. The number of rotatable bonds is 1. The fourth-order valence-electron chi connectivity index (χ4n) is 10.00. The minimum atomic E-state index is -0.110. The molecule has 5 heteroatoms. The Labute approximate surface area is 316 Å². The Morgan fingerprint density at radius 3 is 1.93 bits per heavy atom. The van der Waals surface area contributed by atoms with Crippen LogP contribution < -0.4 is 15.7 Å². The molecule has 0 fully saturated rings. The lowest BCUT2D eigenvalue weighted by Gasteiger charge is -2.42. The SMILES string of the molecule is CC(C)(C)c1ccc(N2B3c4cc5oc6ccccc6c5cc4-n4c5cc6c(cc5c5ccc(c3c54)-c3c2ccc2ccccc32)oc2ccccc26)cc1. The Hall–Kier alpha value is -6.72. The second-order valence-corrected chi connectivity index (χ2v) is 16.5. The third kappa shape index (κ3) is 3.77. The first-order valence-corrected chi connectivity index (χ1v) is 19.2. The molecule has 5 heterocycles. The zero-order chi connectivity index (χ0) is 36.3. The van der Waals surface area contributed by atoms with E-state index in [1.807, 2.05) is 6.07 Å². The van der Waals surface area contributed by atoms with Gasteiger partial charge in [-0.05, 0) is 92.8 Å². The van der Waals surface area contributed by atoms with Crippen molar-refractivity contribution in [2.75, 3.05) is 4.81 Å². The van der Waals surface area contributed by atoms with Crippen LogP contribution in [0.15, 0.2) is 154 Å². The van der Waals surface area contributed by atoms with E-state index >= 15 is 0 Å². The van der Waals surface area contributed by atoms with E-state index in [0.717, 1.165) is 43.9 Å². The third-order valence-corrected chi connectivity index (χ3v) is 12.5. The number of aromatic nitrogens is 1. The molecule has 0 unspecified atom stereocenters. The summed E-state index contributed by atoms with van der Waals surface area (Å²) in [5.41, 5.74) is 16.1. The molecule has 3 aromatic heterocycles. The van der Waals surface area contributed by atoms with E-state index in [1.54, 1.807) is 0 Å². The summed E-state index contributed by atoms with van der Waals surface area (Å²) in [5.74, 6) is 0. The number of furan rings is 2. The first-order valence-electron chi connectivity index (χ1n) is 19.2. The van der Waals surface area contributed by atoms with Gasteiger partial charge < -0.3 is 18.2 Å². The topological polar surface area (TPSA) is 34.5 Å². The van der Waals surface area contributed by atoms with Gasteiger partial charge in [-0.3, -0.25) is 0 Å². The number of fused-ring (bicyclic) bond motifs is 16. The highest BCUT2D eigenvalue weighted by atomic mass is 16.3. The zero-order valence-corrected chi connectivity index (χ0v) is 30.6. The van der Waals surface area contributed by atoms with Crippen molar-refractivity contribution in [3.63, 3.8) is 0 Å². The molecule has 0 amide bonds. The van der Waals surface area contributed by atoms with Crippen molar-refractivity contribution in [3.8, 4) is 16.8 Å². The van der Waals surface area contributed by atoms with Crippen LogP contribution in [0.1, 0.15) is 26.3 Å². The average Bonchev–Trinajstić information content (AvgIpc) is 3.87. The van der Waals surface area contributed by atoms with Gasteiger partial charge in [-0.25, -0.2) is 0 Å². The van der Waals surface area contributed by atoms with Crippen molar-refractivity contribution in [1.29, 1.82) is 0 Å². The van der Waals surface area contributed by atoms with Crippen molar-refractivity contribution in [2.45, 2.75) is 26.2 Å². The summed E-state index contributed by atoms with van der Waals surface area (Å²) < 4.78 is 15.7. The first kappa shape index (κ1) is 29.7. The van der Waals surface area contributed by atoms with Gasteiger partial charge >= 0.3 is 6.85 Å². The predicted molar refractivity (Wildman–Crippen MR) is 231 cm³/mol. The van der Waals surface area contributed by atoms with Gasteiger partial charge in [-0.15, -0.1) is 0 Å². The van der Waals surface area contributed by atoms with Crippen molar-refractivity contribution in [1.82, 2.24) is 4.57 Å². The highest BCUT2D eigenvalue weighted by Gasteiger charge is 2.45. The monoisotopic (exact) mass is 704 g/mol. The third-order valence-electron chi connectivity index (χ3n) is 12.5. The van der Waals surface area contributed by atoms with Gasteiger partial charge in [0.05, 0.1) is 11.0 Å². The Morgan fingerprint density at radius 2 is 1.18 bits per heavy atom. The molecule has 11 aromatic rings. The number of para-hydroxylation sites is 2. The van der Waals surface area contributed by atoms with Crippen molar-refractivity contribution >= 4 is 106 Å². The number of nitrogens with zero attached hydrogens (tertiary/aromatic N) is 2. The van der Waals surface area contributed by atoms with Gasteiger partial charge in [-0.1, -0.05) is 112 Å². The lowest BCUT2D eigenvalue weighted by Crippen LogP contribution is -2.60. The molecule has 0 bridgehead atoms. The van der Waals surface area contributed by atoms with Crippen LogP contribution in [0.5, 0.6) is 0 Å². The molecule has 0 N–H and O–H groups in total. The Bertz CT molecular complexity index is 3490. The summed E-state index contributed by atoms with van der Waals surface area (Å²) in [6.45, 7) is 6.74. The minimum Gasteiger partial charge on any atom is -0.456 e. The van der Waals surface area contributed by atoms with Crippen LogP contribution >= 0.6 is 0 Å². The molecule has 0 saturated carbocycles. The van der Waals surface area contributed by atoms with E-state index in [-0.39, 0.29) is 12.3 Å². The van der Waals surface area contributed by atoms with Gasteiger partial charge in [0.1, 0.15) is 22.3 Å². The fourth-order valence-corrected chi connectivity index (χ4v) is 10.00. The fraction of sp³-hybridized carbons (Fsp3) is 0.0800. The van der Waals surface area contributed by atoms with E-state index < -0.39 is 0 Å². The smallest absolute Gasteiger partial charge is 0.333 e. The van der Waals surface area contributed by atoms with Crippen LogP contribution in [0, 0.1) is 0 Å². The Kier molecular flexibility index (Phi) is 5.44. The molecule has 2 aliphatic rings. The van der Waals surface area contributed by atoms with E-state index in [0.29, 0.717) is 0 Å². The van der Waals surface area contributed by atoms with Gasteiger partial charge in [0, 0.05) is 54.9 Å². The normalized spacial score (nSPS) is 13.7. The van der Waals surface area contributed by atoms with E-state index in [9.17, 15) is 0 Å². The lowest BCUT2D eigenvalue weighted by atomic mass is 9.44. The Morgan fingerprint density at radius 1 is 0.509 bits per heavy atom. The van der Waals surface area contributed by atoms with Crippen LogP contribution in [0.25, 0.3) is 93.3 Å².